The van der Waals surface area contributed by atoms with Crippen LogP contribution in [0.3, 0.4) is 0 Å². The third kappa shape index (κ3) is 3.15. The van der Waals surface area contributed by atoms with Gasteiger partial charge >= 0.3 is 5.97 Å². The molecule has 5 nitrogen and oxygen atoms in total. The number of carboxylic acid groups (broad SMARTS) is 1. The molecule has 1 aromatic rings. The molecule has 0 amide bonds. The molecule has 0 saturated carbocycles. The summed E-state index contributed by atoms with van der Waals surface area (Å²) < 4.78 is 1.94. The molecule has 0 aliphatic heterocycles. The molecule has 5 heteroatoms. The van der Waals surface area contributed by atoms with Crippen molar-refractivity contribution in [1.29, 1.82) is 0 Å². The van der Waals surface area contributed by atoms with Crippen LogP contribution in [0.1, 0.15) is 46.0 Å². The third-order valence-corrected chi connectivity index (χ3v) is 4.09. The van der Waals surface area contributed by atoms with Crippen molar-refractivity contribution in [2.75, 3.05) is 0 Å². The predicted molar refractivity (Wildman–Crippen MR) is 75.0 cm³/mol. The Kier molecular flexibility index (Phi) is 4.40. The van der Waals surface area contributed by atoms with Gasteiger partial charge in [0.25, 0.3) is 0 Å². The Morgan fingerprint density at radius 3 is 2.47 bits per heavy atom. The van der Waals surface area contributed by atoms with E-state index in [1.54, 1.807) is 13.8 Å². The predicted octanol–water partition coefficient (Wildman–Crippen LogP) is 2.19. The minimum Gasteiger partial charge on any atom is -0.481 e. The topological polar surface area (TPSA) is 67.2 Å². The molecule has 1 heterocycles. The zero-order chi connectivity index (χ0) is 14.8. The molecular weight excluding hydrogens is 242 g/mol. The number of rotatable bonds is 6. The first-order valence-corrected chi connectivity index (χ1v) is 6.63. The van der Waals surface area contributed by atoms with Crippen molar-refractivity contribution in [2.45, 2.75) is 60.2 Å². The maximum atomic E-state index is 11.3. The fraction of sp³-hybridized carbons (Fsp3) is 0.714. The molecule has 0 radical (unpaired) electrons. The van der Waals surface area contributed by atoms with Gasteiger partial charge in [0.1, 0.15) is 0 Å². The number of carbonyl (C=O) groups is 1. The summed E-state index contributed by atoms with van der Waals surface area (Å²) >= 11 is 0. The van der Waals surface area contributed by atoms with E-state index in [4.69, 9.17) is 0 Å². The SMILES string of the molecule is CCn1nc(C)cc1CNC(C)(C)C(C)(C)C(=O)O. The standard InChI is InChI=1S/C14H25N3O2/c1-7-17-11(8-10(2)16-17)9-15-14(5,6)13(3,4)12(18)19/h8,15H,7,9H2,1-6H3,(H,18,19). The van der Waals surface area contributed by atoms with E-state index in [0.717, 1.165) is 17.9 Å². The lowest BCUT2D eigenvalue weighted by atomic mass is 9.74. The maximum absolute atomic E-state index is 11.3. The van der Waals surface area contributed by atoms with Gasteiger partial charge in [-0.15, -0.1) is 0 Å². The summed E-state index contributed by atoms with van der Waals surface area (Å²) in [6.45, 7) is 12.7. The second-order valence-corrected chi connectivity index (χ2v) is 6.00. The first kappa shape index (κ1) is 15.7. The molecule has 19 heavy (non-hydrogen) atoms. The molecule has 0 atom stereocenters. The summed E-state index contributed by atoms with van der Waals surface area (Å²) in [6, 6.07) is 2.03. The fourth-order valence-corrected chi connectivity index (χ4v) is 1.82. The van der Waals surface area contributed by atoms with Crippen molar-refractivity contribution in [1.82, 2.24) is 15.1 Å². The summed E-state index contributed by atoms with van der Waals surface area (Å²) in [5.41, 5.74) is 0.692. The number of carboxylic acids is 1. The van der Waals surface area contributed by atoms with E-state index in [1.165, 1.54) is 0 Å². The zero-order valence-corrected chi connectivity index (χ0v) is 12.7. The van der Waals surface area contributed by atoms with Gasteiger partial charge in [-0.05, 0) is 47.6 Å². The number of nitrogens with one attached hydrogen (secondary N) is 1. The van der Waals surface area contributed by atoms with Gasteiger partial charge in [0.2, 0.25) is 0 Å². The van der Waals surface area contributed by atoms with Gasteiger partial charge < -0.3 is 10.4 Å². The highest BCUT2D eigenvalue weighted by Crippen LogP contribution is 2.31. The van der Waals surface area contributed by atoms with E-state index in [9.17, 15) is 9.90 Å². The van der Waals surface area contributed by atoms with Crippen LogP contribution in [0.4, 0.5) is 0 Å². The fourth-order valence-electron chi connectivity index (χ4n) is 1.82. The van der Waals surface area contributed by atoms with Crippen molar-refractivity contribution in [2.24, 2.45) is 5.41 Å². The van der Waals surface area contributed by atoms with Crippen LogP contribution >= 0.6 is 0 Å². The van der Waals surface area contributed by atoms with Crippen LogP contribution in [0.25, 0.3) is 0 Å². The first-order valence-electron chi connectivity index (χ1n) is 6.63. The van der Waals surface area contributed by atoms with Crippen LogP contribution in [0.15, 0.2) is 6.07 Å². The Morgan fingerprint density at radius 2 is 2.00 bits per heavy atom. The van der Waals surface area contributed by atoms with Crippen LogP contribution < -0.4 is 5.32 Å². The largest absolute Gasteiger partial charge is 0.481 e. The summed E-state index contributed by atoms with van der Waals surface area (Å²) in [6.07, 6.45) is 0. The van der Waals surface area contributed by atoms with Gasteiger partial charge in [-0.2, -0.15) is 5.10 Å². The van der Waals surface area contributed by atoms with Crippen molar-refractivity contribution in [3.8, 4) is 0 Å². The Hall–Kier alpha value is -1.36. The highest BCUT2D eigenvalue weighted by atomic mass is 16.4. The molecule has 2 N–H and O–H groups in total. The van der Waals surface area contributed by atoms with Crippen LogP contribution in [-0.4, -0.2) is 26.4 Å². The van der Waals surface area contributed by atoms with E-state index in [2.05, 4.69) is 10.4 Å². The van der Waals surface area contributed by atoms with E-state index < -0.39 is 16.9 Å². The highest BCUT2D eigenvalue weighted by Gasteiger charge is 2.43. The Labute approximate surface area is 115 Å². The Bertz CT molecular complexity index is 461. The normalized spacial score (nSPS) is 12.7. The highest BCUT2D eigenvalue weighted by molar-refractivity contribution is 5.75. The number of nitrogens with zero attached hydrogens (tertiary/aromatic N) is 2. The lowest BCUT2D eigenvalue weighted by Crippen LogP contribution is -2.54. The minimum absolute atomic E-state index is 0.518. The Balaban J connectivity index is 2.83. The Morgan fingerprint density at radius 1 is 1.42 bits per heavy atom. The lowest BCUT2D eigenvalue weighted by Gasteiger charge is -2.39. The average molecular weight is 267 g/mol. The van der Waals surface area contributed by atoms with E-state index in [0.29, 0.717) is 6.54 Å². The lowest BCUT2D eigenvalue weighted by molar-refractivity contribution is -0.151. The number of aliphatic carboxylic acids is 1. The maximum Gasteiger partial charge on any atom is 0.310 e. The second-order valence-electron chi connectivity index (χ2n) is 6.00. The van der Waals surface area contributed by atoms with Gasteiger partial charge in [-0.25, -0.2) is 0 Å². The molecule has 0 unspecified atom stereocenters. The summed E-state index contributed by atoms with van der Waals surface area (Å²) in [7, 11) is 0. The molecule has 0 aliphatic rings. The summed E-state index contributed by atoms with van der Waals surface area (Å²) in [5, 5.41) is 17.1. The smallest absolute Gasteiger partial charge is 0.310 e. The van der Waals surface area contributed by atoms with E-state index >= 15 is 0 Å². The molecule has 0 aliphatic carbocycles. The van der Waals surface area contributed by atoms with Crippen LogP contribution in [0.5, 0.6) is 0 Å². The zero-order valence-electron chi connectivity index (χ0n) is 12.7. The van der Waals surface area contributed by atoms with Gasteiger partial charge in [0.15, 0.2) is 0 Å². The van der Waals surface area contributed by atoms with Crippen LogP contribution in [0.2, 0.25) is 0 Å². The average Bonchev–Trinajstić information content (AvgIpc) is 2.66. The molecule has 108 valence electrons. The first-order chi connectivity index (χ1) is 8.61. The summed E-state index contributed by atoms with van der Waals surface area (Å²) in [4.78, 5) is 11.3. The van der Waals surface area contributed by atoms with Crippen molar-refractivity contribution in [3.63, 3.8) is 0 Å². The number of aryl methyl sites for hydroxylation is 2. The molecule has 0 fully saturated rings. The van der Waals surface area contributed by atoms with Crippen molar-refractivity contribution in [3.05, 3.63) is 17.5 Å². The van der Waals surface area contributed by atoms with Crippen LogP contribution in [0, 0.1) is 12.3 Å². The van der Waals surface area contributed by atoms with Gasteiger partial charge in [0, 0.05) is 18.6 Å². The minimum atomic E-state index is -0.848. The van der Waals surface area contributed by atoms with E-state index in [-0.39, 0.29) is 0 Å². The quantitative estimate of drug-likeness (QED) is 0.829. The molecule has 0 bridgehead atoms. The molecular formula is C14H25N3O2. The third-order valence-electron chi connectivity index (χ3n) is 4.09. The monoisotopic (exact) mass is 267 g/mol. The molecule has 0 saturated heterocycles. The molecule has 0 aromatic carbocycles. The number of hydrogen-bond acceptors (Lipinski definition) is 3. The number of hydrogen-bond donors (Lipinski definition) is 2. The summed E-state index contributed by atoms with van der Waals surface area (Å²) in [5.74, 6) is -0.801. The van der Waals surface area contributed by atoms with Gasteiger partial charge in [-0.1, -0.05) is 0 Å². The van der Waals surface area contributed by atoms with Crippen molar-refractivity contribution < 1.29 is 9.90 Å². The molecule has 1 rings (SSSR count). The van der Waals surface area contributed by atoms with Crippen molar-refractivity contribution >= 4 is 5.97 Å². The van der Waals surface area contributed by atoms with Gasteiger partial charge in [-0.3, -0.25) is 9.48 Å². The van der Waals surface area contributed by atoms with Gasteiger partial charge in [0.05, 0.1) is 16.8 Å². The van der Waals surface area contributed by atoms with E-state index in [1.807, 2.05) is 38.4 Å². The number of aromatic nitrogens is 2. The molecule has 1 aromatic heterocycles. The second kappa shape index (κ2) is 5.33. The molecule has 0 spiro atoms. The van der Waals surface area contributed by atoms with Crippen LogP contribution in [-0.2, 0) is 17.9 Å².